The van der Waals surface area contributed by atoms with Crippen LogP contribution < -0.4 is 20.9 Å². The molecule has 4 heteroatoms. The zero-order valence-electron chi connectivity index (χ0n) is 10.9. The van der Waals surface area contributed by atoms with Crippen LogP contribution in [0.2, 0.25) is 0 Å². The van der Waals surface area contributed by atoms with Gasteiger partial charge in [-0.3, -0.25) is 0 Å². The third-order valence-corrected chi connectivity index (χ3v) is 3.26. The van der Waals surface area contributed by atoms with E-state index in [1.165, 1.54) is 0 Å². The first-order valence-electron chi connectivity index (χ1n) is 6.56. The number of benzene rings is 1. The van der Waals surface area contributed by atoms with Crippen LogP contribution in [0.3, 0.4) is 0 Å². The average Bonchev–Trinajstić information content (AvgIpc) is 2.62. The van der Waals surface area contributed by atoms with E-state index in [-0.39, 0.29) is 6.04 Å². The maximum absolute atomic E-state index is 6.19. The highest BCUT2D eigenvalue weighted by Crippen LogP contribution is 2.32. The minimum Gasteiger partial charge on any atom is -0.490 e. The van der Waals surface area contributed by atoms with Gasteiger partial charge in [-0.15, -0.1) is 0 Å². The second-order valence-electron chi connectivity index (χ2n) is 4.94. The molecular formula is C14H22N2O2. The molecule has 1 aliphatic heterocycles. The summed E-state index contributed by atoms with van der Waals surface area (Å²) in [4.78, 5) is 0. The number of rotatable bonds is 4. The average molecular weight is 250 g/mol. The predicted molar refractivity (Wildman–Crippen MR) is 71.8 cm³/mol. The minimum absolute atomic E-state index is 0.000651. The monoisotopic (exact) mass is 250 g/mol. The van der Waals surface area contributed by atoms with Crippen molar-refractivity contribution in [3.63, 3.8) is 0 Å². The number of hydrogen-bond donors (Lipinski definition) is 2. The molecule has 1 aliphatic rings. The molecule has 2 unspecified atom stereocenters. The Kier molecular flexibility index (Phi) is 4.44. The lowest BCUT2D eigenvalue weighted by atomic mass is 9.96. The predicted octanol–water partition coefficient (Wildman–Crippen LogP) is 1.83. The number of hydrogen-bond acceptors (Lipinski definition) is 4. The topological polar surface area (TPSA) is 70.5 Å². The van der Waals surface area contributed by atoms with Crippen LogP contribution in [0.25, 0.3) is 0 Å². The lowest BCUT2D eigenvalue weighted by molar-refractivity contribution is 0.297. The highest BCUT2D eigenvalue weighted by molar-refractivity contribution is 5.44. The molecule has 0 spiro atoms. The molecule has 0 bridgehead atoms. The molecule has 0 aromatic heterocycles. The van der Waals surface area contributed by atoms with E-state index < -0.39 is 0 Å². The van der Waals surface area contributed by atoms with Crippen LogP contribution in [-0.2, 0) is 0 Å². The standard InChI is InChI=1S/C14H22N2O2/c1-10(9-15)7-12(16)11-3-4-13-14(8-11)18-6-2-5-17-13/h3-4,8,10,12H,2,5-7,9,15-16H2,1H3. The van der Waals surface area contributed by atoms with E-state index >= 15 is 0 Å². The fraction of sp³-hybridized carbons (Fsp3) is 0.571. The van der Waals surface area contributed by atoms with Gasteiger partial charge in [0.1, 0.15) is 0 Å². The molecule has 4 nitrogen and oxygen atoms in total. The Balaban J connectivity index is 2.12. The van der Waals surface area contributed by atoms with Crippen molar-refractivity contribution in [2.45, 2.75) is 25.8 Å². The van der Waals surface area contributed by atoms with Gasteiger partial charge >= 0.3 is 0 Å². The summed E-state index contributed by atoms with van der Waals surface area (Å²) in [6, 6.07) is 5.96. The third-order valence-electron chi connectivity index (χ3n) is 3.26. The Bertz CT molecular complexity index is 395. The van der Waals surface area contributed by atoms with E-state index in [9.17, 15) is 0 Å². The molecule has 100 valence electrons. The van der Waals surface area contributed by atoms with Crippen molar-refractivity contribution in [1.29, 1.82) is 0 Å². The Morgan fingerprint density at radius 3 is 2.67 bits per heavy atom. The molecule has 0 fully saturated rings. The maximum Gasteiger partial charge on any atom is 0.161 e. The largest absolute Gasteiger partial charge is 0.490 e. The molecule has 0 aliphatic carbocycles. The minimum atomic E-state index is 0.000651. The summed E-state index contributed by atoms with van der Waals surface area (Å²) < 4.78 is 11.3. The molecule has 2 atom stereocenters. The van der Waals surface area contributed by atoms with Crippen LogP contribution in [0.4, 0.5) is 0 Å². The maximum atomic E-state index is 6.19. The summed E-state index contributed by atoms with van der Waals surface area (Å²) >= 11 is 0. The van der Waals surface area contributed by atoms with Crippen molar-refractivity contribution in [2.75, 3.05) is 19.8 Å². The molecule has 1 aromatic rings. The summed E-state index contributed by atoms with van der Waals surface area (Å²) in [5.74, 6) is 2.05. The van der Waals surface area contributed by atoms with Crippen LogP contribution in [0.5, 0.6) is 11.5 Å². The zero-order chi connectivity index (χ0) is 13.0. The summed E-state index contributed by atoms with van der Waals surface area (Å²) in [6.45, 7) is 4.19. The van der Waals surface area contributed by atoms with Gasteiger partial charge in [-0.1, -0.05) is 13.0 Å². The van der Waals surface area contributed by atoms with Gasteiger partial charge in [-0.2, -0.15) is 0 Å². The first-order valence-corrected chi connectivity index (χ1v) is 6.56. The Morgan fingerprint density at radius 2 is 1.94 bits per heavy atom. The lowest BCUT2D eigenvalue weighted by Gasteiger charge is -2.17. The van der Waals surface area contributed by atoms with E-state index in [0.717, 1.165) is 29.9 Å². The van der Waals surface area contributed by atoms with Crippen molar-refractivity contribution in [3.8, 4) is 11.5 Å². The fourth-order valence-electron chi connectivity index (χ4n) is 2.08. The van der Waals surface area contributed by atoms with E-state index in [1.807, 2.05) is 18.2 Å². The van der Waals surface area contributed by atoms with Crippen molar-refractivity contribution in [2.24, 2.45) is 17.4 Å². The molecule has 18 heavy (non-hydrogen) atoms. The van der Waals surface area contributed by atoms with E-state index in [1.54, 1.807) is 0 Å². The van der Waals surface area contributed by atoms with Crippen LogP contribution >= 0.6 is 0 Å². The summed E-state index contributed by atoms with van der Waals surface area (Å²) in [5.41, 5.74) is 12.9. The van der Waals surface area contributed by atoms with Gasteiger partial charge in [0.05, 0.1) is 13.2 Å². The van der Waals surface area contributed by atoms with Crippen molar-refractivity contribution >= 4 is 0 Å². The molecule has 4 N–H and O–H groups in total. The van der Waals surface area contributed by atoms with E-state index in [2.05, 4.69) is 6.92 Å². The third kappa shape index (κ3) is 3.15. The molecule has 1 heterocycles. The normalized spacial score (nSPS) is 17.9. The molecular weight excluding hydrogens is 228 g/mol. The van der Waals surface area contributed by atoms with Crippen molar-refractivity contribution in [1.82, 2.24) is 0 Å². The van der Waals surface area contributed by atoms with Crippen LogP contribution in [0.1, 0.15) is 31.4 Å². The first kappa shape index (κ1) is 13.2. The molecule has 2 rings (SSSR count). The first-order chi connectivity index (χ1) is 8.70. The molecule has 0 saturated heterocycles. The summed E-state index contributed by atoms with van der Waals surface area (Å²) in [5, 5.41) is 0. The van der Waals surface area contributed by atoms with Gasteiger partial charge in [0.15, 0.2) is 11.5 Å². The van der Waals surface area contributed by atoms with E-state index in [4.69, 9.17) is 20.9 Å². The van der Waals surface area contributed by atoms with Crippen LogP contribution in [0.15, 0.2) is 18.2 Å². The Morgan fingerprint density at radius 1 is 1.22 bits per heavy atom. The van der Waals surface area contributed by atoms with Crippen molar-refractivity contribution < 1.29 is 9.47 Å². The van der Waals surface area contributed by atoms with E-state index in [0.29, 0.717) is 25.7 Å². The second-order valence-corrected chi connectivity index (χ2v) is 4.94. The fourth-order valence-corrected chi connectivity index (χ4v) is 2.08. The highest BCUT2D eigenvalue weighted by atomic mass is 16.5. The number of nitrogens with two attached hydrogens (primary N) is 2. The second kappa shape index (κ2) is 6.07. The van der Waals surface area contributed by atoms with Gasteiger partial charge in [-0.05, 0) is 36.6 Å². The van der Waals surface area contributed by atoms with Gasteiger partial charge in [0.25, 0.3) is 0 Å². The quantitative estimate of drug-likeness (QED) is 0.855. The number of fused-ring (bicyclic) bond motifs is 1. The smallest absolute Gasteiger partial charge is 0.161 e. The van der Waals surface area contributed by atoms with Gasteiger partial charge in [0.2, 0.25) is 0 Å². The number of ether oxygens (including phenoxy) is 2. The highest BCUT2D eigenvalue weighted by Gasteiger charge is 2.15. The van der Waals surface area contributed by atoms with Crippen molar-refractivity contribution in [3.05, 3.63) is 23.8 Å². The van der Waals surface area contributed by atoms with Crippen LogP contribution in [0, 0.1) is 5.92 Å². The SMILES string of the molecule is CC(CN)CC(N)c1ccc2c(c1)OCCCO2. The molecule has 0 amide bonds. The van der Waals surface area contributed by atoms with Gasteiger partial charge in [-0.25, -0.2) is 0 Å². The summed E-state index contributed by atoms with van der Waals surface area (Å²) in [6.07, 6.45) is 1.80. The summed E-state index contributed by atoms with van der Waals surface area (Å²) in [7, 11) is 0. The Labute approximate surface area is 108 Å². The van der Waals surface area contributed by atoms with Gasteiger partial charge < -0.3 is 20.9 Å². The molecule has 0 saturated carbocycles. The van der Waals surface area contributed by atoms with Gasteiger partial charge in [0, 0.05) is 12.5 Å². The molecule has 1 aromatic carbocycles. The lowest BCUT2D eigenvalue weighted by Crippen LogP contribution is -2.19. The Hall–Kier alpha value is -1.26. The van der Waals surface area contributed by atoms with Crippen LogP contribution in [-0.4, -0.2) is 19.8 Å². The zero-order valence-corrected chi connectivity index (χ0v) is 10.9. The molecule has 0 radical (unpaired) electrons.